The van der Waals surface area contributed by atoms with Crippen molar-refractivity contribution in [2.45, 2.75) is 0 Å². The van der Waals surface area contributed by atoms with Crippen LogP contribution in [0.3, 0.4) is 0 Å². The number of hydrogen-bond acceptors (Lipinski definition) is 2. The molecular formula is C10H8N3+. The van der Waals surface area contributed by atoms with E-state index in [9.17, 15) is 0 Å². The molecule has 3 rings (SSSR count). The highest BCUT2D eigenvalue weighted by molar-refractivity contribution is 5.69. The smallest absolute Gasteiger partial charge is 0.237 e. The Morgan fingerprint density at radius 3 is 3.00 bits per heavy atom. The second kappa shape index (κ2) is 1.98. The normalized spacial score (nSPS) is 19.9. The van der Waals surface area contributed by atoms with Crippen molar-refractivity contribution >= 4 is 11.9 Å². The van der Waals surface area contributed by atoms with Crippen LogP contribution in [-0.4, -0.2) is 23.1 Å². The van der Waals surface area contributed by atoms with Crippen molar-refractivity contribution in [3.05, 3.63) is 23.8 Å². The maximum atomic E-state index is 5.25. The molecule has 0 radical (unpaired) electrons. The molecule has 0 bridgehead atoms. The average Bonchev–Trinajstić information content (AvgIpc) is 2.86. The number of rotatable bonds is 0. The zero-order valence-corrected chi connectivity index (χ0v) is 7.07. The minimum absolute atomic E-state index is 0.616. The molecule has 1 saturated heterocycles. The predicted molar refractivity (Wildman–Crippen MR) is 50.5 cm³/mol. The summed E-state index contributed by atoms with van der Waals surface area (Å²) in [5.41, 5.74) is 1.55. The predicted octanol–water partition coefficient (Wildman–Crippen LogP) is 0.763. The molecule has 1 aromatic rings. The first-order valence-electron chi connectivity index (χ1n) is 4.24. The number of quaternary nitrogens is 1. The number of nitrogens with zero attached hydrogens (tertiary/aromatic N) is 3. The molecule has 3 heterocycles. The van der Waals surface area contributed by atoms with Crippen molar-refractivity contribution in [3.63, 3.8) is 0 Å². The number of hydrogen-bond donors (Lipinski definition) is 0. The molecule has 0 unspecified atom stereocenters. The van der Waals surface area contributed by atoms with Gasteiger partial charge in [0.25, 0.3) is 5.82 Å². The highest BCUT2D eigenvalue weighted by atomic mass is 15.5. The van der Waals surface area contributed by atoms with Crippen LogP contribution in [0.25, 0.3) is 6.08 Å². The summed E-state index contributed by atoms with van der Waals surface area (Å²) in [5, 5.41) is 0. The van der Waals surface area contributed by atoms with E-state index in [0.29, 0.717) is 5.69 Å². The lowest BCUT2D eigenvalue weighted by Gasteiger charge is -2.05. The van der Waals surface area contributed by atoms with Gasteiger partial charge in [-0.3, -0.25) is 0 Å². The summed E-state index contributed by atoms with van der Waals surface area (Å²) < 4.78 is 0.882. The van der Waals surface area contributed by atoms with Gasteiger partial charge in [-0.1, -0.05) is 0 Å². The number of fused-ring (bicyclic) bond motifs is 2. The van der Waals surface area contributed by atoms with Crippen LogP contribution in [-0.2, 0) is 0 Å². The van der Waals surface area contributed by atoms with E-state index in [1.807, 2.05) is 6.08 Å². The molecule has 3 heteroatoms. The average molecular weight is 170 g/mol. The van der Waals surface area contributed by atoms with Gasteiger partial charge in [0.1, 0.15) is 25.0 Å². The van der Waals surface area contributed by atoms with Crippen molar-refractivity contribution in [2.75, 3.05) is 13.1 Å². The summed E-state index contributed by atoms with van der Waals surface area (Å²) in [6.45, 7) is 2.29. The minimum Gasteiger partial charge on any atom is -0.237 e. The Hall–Kier alpha value is -1.66. The summed E-state index contributed by atoms with van der Waals surface area (Å²) in [7, 11) is 0. The van der Waals surface area contributed by atoms with Crippen LogP contribution in [0.15, 0.2) is 12.4 Å². The summed E-state index contributed by atoms with van der Waals surface area (Å²) >= 11 is 0. The van der Waals surface area contributed by atoms with Gasteiger partial charge in [0.2, 0.25) is 0 Å². The summed E-state index contributed by atoms with van der Waals surface area (Å²) in [6, 6.07) is 0. The van der Waals surface area contributed by atoms with Crippen LogP contribution in [0, 0.1) is 12.3 Å². The summed E-state index contributed by atoms with van der Waals surface area (Å²) in [6.07, 6.45) is 11.1. The minimum atomic E-state index is 0.616. The molecule has 2 aliphatic rings. The molecule has 3 nitrogen and oxygen atoms in total. The van der Waals surface area contributed by atoms with Crippen LogP contribution >= 0.6 is 0 Å². The van der Waals surface area contributed by atoms with Crippen molar-refractivity contribution in [1.82, 2.24) is 14.5 Å². The number of aromatic nitrogens is 2. The Bertz CT molecular complexity index is 450. The van der Waals surface area contributed by atoms with Gasteiger partial charge < -0.3 is 0 Å². The largest absolute Gasteiger partial charge is 0.259 e. The van der Waals surface area contributed by atoms with Crippen molar-refractivity contribution in [2.24, 2.45) is 0 Å². The Morgan fingerprint density at radius 2 is 2.31 bits per heavy atom. The van der Waals surface area contributed by atoms with E-state index in [-0.39, 0.29) is 0 Å². The van der Waals surface area contributed by atoms with Gasteiger partial charge in [-0.25, -0.2) is 9.47 Å². The second-order valence-corrected chi connectivity index (χ2v) is 3.41. The molecule has 13 heavy (non-hydrogen) atoms. The fourth-order valence-electron chi connectivity index (χ4n) is 1.67. The number of terminal acetylenes is 1. The van der Waals surface area contributed by atoms with E-state index in [2.05, 4.69) is 22.1 Å². The highest BCUT2D eigenvalue weighted by Gasteiger charge is 2.49. The van der Waals surface area contributed by atoms with E-state index in [1.54, 1.807) is 6.20 Å². The van der Waals surface area contributed by atoms with Gasteiger partial charge in [0, 0.05) is 6.08 Å². The molecule has 0 saturated carbocycles. The van der Waals surface area contributed by atoms with Crippen LogP contribution < -0.4 is 4.48 Å². The van der Waals surface area contributed by atoms with E-state index in [0.717, 1.165) is 29.1 Å². The fourth-order valence-corrected chi connectivity index (χ4v) is 1.67. The van der Waals surface area contributed by atoms with Gasteiger partial charge in [-0.05, 0) is 5.92 Å². The van der Waals surface area contributed by atoms with Crippen molar-refractivity contribution in [1.29, 1.82) is 0 Å². The van der Waals surface area contributed by atoms with Gasteiger partial charge in [-0.2, -0.15) is 4.98 Å². The first kappa shape index (κ1) is 6.81. The lowest BCUT2D eigenvalue weighted by Crippen LogP contribution is -2.16. The maximum absolute atomic E-state index is 5.25. The van der Waals surface area contributed by atoms with Crippen LogP contribution in [0.4, 0.5) is 5.82 Å². The van der Waals surface area contributed by atoms with Crippen LogP contribution in [0.1, 0.15) is 11.4 Å². The van der Waals surface area contributed by atoms with Crippen molar-refractivity contribution < 1.29 is 0 Å². The third-order valence-electron chi connectivity index (χ3n) is 2.57. The standard InChI is InChI=1S/C10H8N3/c1-2-8-7-11-10-9(12-8)3-4-13(10)5-6-13/h1,3-4,7H,5-6H2/q+1. The first-order valence-corrected chi connectivity index (χ1v) is 4.24. The van der Waals surface area contributed by atoms with E-state index < -0.39 is 0 Å². The zero-order valence-electron chi connectivity index (χ0n) is 7.07. The SMILES string of the molecule is C#Cc1cnc2c(n1)C=C[N+]21CC1. The summed E-state index contributed by atoms with van der Waals surface area (Å²) in [5.74, 6) is 3.54. The van der Waals surface area contributed by atoms with Crippen LogP contribution in [0.5, 0.6) is 0 Å². The molecule has 0 aliphatic carbocycles. The third kappa shape index (κ3) is 0.781. The lowest BCUT2D eigenvalue weighted by atomic mass is 10.4. The molecule has 1 aromatic heterocycles. The molecule has 2 aliphatic heterocycles. The molecule has 0 amide bonds. The molecule has 1 fully saturated rings. The molecule has 0 N–H and O–H groups in total. The van der Waals surface area contributed by atoms with Gasteiger partial charge in [-0.15, -0.1) is 6.42 Å². The van der Waals surface area contributed by atoms with E-state index in [1.165, 1.54) is 0 Å². The van der Waals surface area contributed by atoms with Crippen molar-refractivity contribution in [3.8, 4) is 12.3 Å². The maximum Gasteiger partial charge on any atom is 0.259 e. The first-order chi connectivity index (χ1) is 6.34. The van der Waals surface area contributed by atoms with Gasteiger partial charge >= 0.3 is 0 Å². The molecular weight excluding hydrogens is 162 g/mol. The Kier molecular flexibility index (Phi) is 1.04. The molecule has 62 valence electrons. The Labute approximate surface area is 76.3 Å². The third-order valence-corrected chi connectivity index (χ3v) is 2.57. The zero-order chi connectivity index (χ0) is 8.89. The quantitative estimate of drug-likeness (QED) is 0.326. The Morgan fingerprint density at radius 1 is 1.46 bits per heavy atom. The summed E-state index contributed by atoms with van der Waals surface area (Å²) in [4.78, 5) is 8.66. The Balaban J connectivity index is 2.20. The van der Waals surface area contributed by atoms with Gasteiger partial charge in [0.15, 0.2) is 5.69 Å². The molecule has 1 spiro atoms. The monoisotopic (exact) mass is 170 g/mol. The topological polar surface area (TPSA) is 25.8 Å². The fraction of sp³-hybridized carbons (Fsp3) is 0.200. The van der Waals surface area contributed by atoms with Crippen LogP contribution in [0.2, 0.25) is 0 Å². The second-order valence-electron chi connectivity index (χ2n) is 3.41. The van der Waals surface area contributed by atoms with E-state index in [4.69, 9.17) is 6.42 Å². The molecule has 0 aromatic carbocycles. The van der Waals surface area contributed by atoms with Gasteiger partial charge in [0.05, 0.1) is 6.20 Å². The highest BCUT2D eigenvalue weighted by Crippen LogP contribution is 2.38. The lowest BCUT2D eigenvalue weighted by molar-refractivity contribution is 0.712. The molecule has 0 atom stereocenters. The van der Waals surface area contributed by atoms with E-state index >= 15 is 0 Å².